The van der Waals surface area contributed by atoms with Crippen LogP contribution in [0.1, 0.15) is 44.9 Å². The molecule has 0 amide bonds. The molecule has 2 N–H and O–H groups in total. The van der Waals surface area contributed by atoms with E-state index in [1.54, 1.807) is 13.3 Å². The van der Waals surface area contributed by atoms with E-state index < -0.39 is 11.6 Å². The zero-order valence-electron chi connectivity index (χ0n) is 22.0. The average Bonchev–Trinajstić information content (AvgIpc) is 3.60. The number of anilines is 2. The van der Waals surface area contributed by atoms with Gasteiger partial charge in [0.1, 0.15) is 11.6 Å². The molecule has 2 aliphatic heterocycles. The van der Waals surface area contributed by atoms with Gasteiger partial charge in [0.05, 0.1) is 19.9 Å². The number of methoxy groups -OCH3 is 1. The van der Waals surface area contributed by atoms with E-state index >= 15 is 0 Å². The molecule has 12 heteroatoms. The average molecular weight is 532 g/mol. The second-order valence-corrected chi connectivity index (χ2v) is 9.81. The highest BCUT2D eigenvalue weighted by Gasteiger charge is 2.26. The molecule has 10 nitrogen and oxygen atoms in total. The number of halogens is 2. The van der Waals surface area contributed by atoms with Crippen LogP contribution in [0.15, 0.2) is 35.0 Å². The van der Waals surface area contributed by atoms with Crippen LogP contribution in [0.3, 0.4) is 0 Å². The maximum Gasteiger partial charge on any atom is 0.324 e. The van der Waals surface area contributed by atoms with Crippen molar-refractivity contribution in [1.29, 1.82) is 0 Å². The first-order valence-corrected chi connectivity index (χ1v) is 12.9. The van der Waals surface area contributed by atoms with Crippen LogP contribution < -0.4 is 25.0 Å². The fourth-order valence-electron chi connectivity index (χ4n) is 4.23. The molecule has 2 fully saturated rings. The molecule has 1 atom stereocenters. The van der Waals surface area contributed by atoms with E-state index in [1.807, 2.05) is 0 Å². The molecule has 2 aromatic heterocycles. The third-order valence-electron chi connectivity index (χ3n) is 6.52. The van der Waals surface area contributed by atoms with Crippen molar-refractivity contribution in [3.05, 3.63) is 47.9 Å². The number of piperidine rings is 1. The van der Waals surface area contributed by atoms with Gasteiger partial charge >= 0.3 is 6.01 Å². The zero-order chi connectivity index (χ0) is 27.1. The summed E-state index contributed by atoms with van der Waals surface area (Å²) in [6, 6.07) is 5.10. The Kier molecular flexibility index (Phi) is 9.27. The number of rotatable bonds is 7. The predicted octanol–water partition coefficient (Wildman–Crippen LogP) is 3.79. The molecular formula is C26H35F2N7O3. The van der Waals surface area contributed by atoms with Gasteiger partial charge in [0, 0.05) is 38.1 Å². The van der Waals surface area contributed by atoms with Crippen molar-refractivity contribution in [1.82, 2.24) is 20.1 Å². The molecule has 206 valence electrons. The molecule has 1 unspecified atom stereocenters. The maximum atomic E-state index is 11.9. The predicted molar refractivity (Wildman–Crippen MR) is 139 cm³/mol. The van der Waals surface area contributed by atoms with Gasteiger partial charge < -0.3 is 29.5 Å². The Hall–Kier alpha value is -3.54. The number of ether oxygens (including phenoxy) is 2. The van der Waals surface area contributed by atoms with E-state index in [4.69, 9.17) is 19.7 Å². The van der Waals surface area contributed by atoms with Crippen molar-refractivity contribution in [2.75, 3.05) is 49.7 Å². The number of hydrogen-bond acceptors (Lipinski definition) is 10. The van der Waals surface area contributed by atoms with Crippen LogP contribution in [-0.2, 0) is 0 Å². The molecule has 1 aromatic carbocycles. The summed E-state index contributed by atoms with van der Waals surface area (Å²) in [5, 5.41) is 4.05. The summed E-state index contributed by atoms with van der Waals surface area (Å²) in [7, 11) is 1.60. The Morgan fingerprint density at radius 1 is 1.03 bits per heavy atom. The van der Waals surface area contributed by atoms with Crippen molar-refractivity contribution >= 4 is 12.0 Å². The minimum Gasteiger partial charge on any atom is -0.486 e. The Labute approximate surface area is 221 Å². The van der Waals surface area contributed by atoms with Crippen LogP contribution in [0.4, 0.5) is 20.7 Å². The lowest BCUT2D eigenvalue weighted by Crippen LogP contribution is -2.35. The summed E-state index contributed by atoms with van der Waals surface area (Å²) in [5.74, 6) is 2.31. The molecule has 3 aromatic rings. The van der Waals surface area contributed by atoms with Gasteiger partial charge in [0.15, 0.2) is 11.6 Å². The summed E-state index contributed by atoms with van der Waals surface area (Å²) in [5.41, 5.74) is 5.98. The molecular weight excluding hydrogens is 496 g/mol. The van der Waals surface area contributed by atoms with Crippen LogP contribution in [0.25, 0.3) is 0 Å². The van der Waals surface area contributed by atoms with E-state index in [2.05, 4.69) is 43.8 Å². The first-order chi connectivity index (χ1) is 18.3. The van der Waals surface area contributed by atoms with Gasteiger partial charge in [-0.25, -0.2) is 13.8 Å². The zero-order valence-corrected chi connectivity index (χ0v) is 22.0. The standard InChI is InChI=1S/C20H31N7O3.C6H4F2/c1-13(2)17-23-20(30-25-17)26-7-4-14(5-8-26)12-29-16-10-22-19(24-18(16)28-3)27-9-6-15(21)11-27;7-5-1-2-6(8)4-3-5/h10,13-15H,4-9,11-12,21H2,1-3H3;1-4H. The van der Waals surface area contributed by atoms with E-state index in [9.17, 15) is 8.78 Å². The summed E-state index contributed by atoms with van der Waals surface area (Å²) < 4.78 is 40.7. The van der Waals surface area contributed by atoms with E-state index in [1.165, 1.54) is 0 Å². The highest BCUT2D eigenvalue weighted by Crippen LogP contribution is 2.29. The van der Waals surface area contributed by atoms with Gasteiger partial charge in [0.25, 0.3) is 5.88 Å². The molecule has 4 heterocycles. The molecule has 0 bridgehead atoms. The fraction of sp³-hybridized carbons (Fsp3) is 0.538. The monoisotopic (exact) mass is 531 g/mol. The summed E-state index contributed by atoms with van der Waals surface area (Å²) in [4.78, 5) is 17.7. The van der Waals surface area contributed by atoms with E-state index in [0.29, 0.717) is 36.1 Å². The second-order valence-electron chi connectivity index (χ2n) is 9.81. The Morgan fingerprint density at radius 3 is 2.24 bits per heavy atom. The molecule has 0 radical (unpaired) electrons. The highest BCUT2D eigenvalue weighted by molar-refractivity contribution is 5.41. The minimum absolute atomic E-state index is 0.172. The molecule has 0 spiro atoms. The third kappa shape index (κ3) is 7.27. The Bertz CT molecular complexity index is 1130. The van der Waals surface area contributed by atoms with Crippen molar-refractivity contribution < 1.29 is 22.8 Å². The van der Waals surface area contributed by atoms with Gasteiger partial charge in [-0.05, 0) is 49.4 Å². The number of benzene rings is 1. The summed E-state index contributed by atoms with van der Waals surface area (Å²) in [6.45, 7) is 8.09. The van der Waals surface area contributed by atoms with Crippen LogP contribution in [-0.4, -0.2) is 66.0 Å². The van der Waals surface area contributed by atoms with Crippen LogP contribution in [0.5, 0.6) is 11.6 Å². The lowest BCUT2D eigenvalue weighted by molar-refractivity contribution is 0.210. The van der Waals surface area contributed by atoms with Gasteiger partial charge in [-0.15, -0.1) is 0 Å². The van der Waals surface area contributed by atoms with E-state index in [0.717, 1.165) is 75.5 Å². The number of nitrogens with two attached hydrogens (primary N) is 1. The van der Waals surface area contributed by atoms with Gasteiger partial charge in [-0.3, -0.25) is 0 Å². The van der Waals surface area contributed by atoms with Crippen LogP contribution in [0.2, 0.25) is 0 Å². The topological polar surface area (TPSA) is 116 Å². The van der Waals surface area contributed by atoms with Gasteiger partial charge in [0.2, 0.25) is 5.95 Å². The second kappa shape index (κ2) is 12.8. The van der Waals surface area contributed by atoms with Gasteiger partial charge in [-0.1, -0.05) is 19.0 Å². The molecule has 0 saturated carbocycles. The number of aromatic nitrogens is 4. The lowest BCUT2D eigenvalue weighted by atomic mass is 9.98. The molecule has 38 heavy (non-hydrogen) atoms. The fourth-order valence-corrected chi connectivity index (χ4v) is 4.23. The lowest BCUT2D eigenvalue weighted by Gasteiger charge is -2.30. The summed E-state index contributed by atoms with van der Waals surface area (Å²) >= 11 is 0. The first kappa shape index (κ1) is 27.5. The number of hydrogen-bond donors (Lipinski definition) is 1. The third-order valence-corrected chi connectivity index (χ3v) is 6.52. The minimum atomic E-state index is -0.411. The van der Waals surface area contributed by atoms with Crippen LogP contribution >= 0.6 is 0 Å². The highest BCUT2D eigenvalue weighted by atomic mass is 19.1. The quantitative estimate of drug-likeness (QED) is 0.483. The van der Waals surface area contributed by atoms with Crippen molar-refractivity contribution in [2.45, 2.75) is 45.1 Å². The first-order valence-electron chi connectivity index (χ1n) is 12.9. The Morgan fingerprint density at radius 2 is 1.68 bits per heavy atom. The SMILES string of the molecule is COc1nc(N2CCC(N)C2)ncc1OCC1CCN(c2nc(C(C)C)no2)CC1.Fc1ccc(F)cc1. The van der Waals surface area contributed by atoms with Crippen LogP contribution in [0, 0.1) is 17.6 Å². The van der Waals surface area contributed by atoms with Crippen molar-refractivity contribution in [3.8, 4) is 11.6 Å². The molecule has 0 aliphatic carbocycles. The van der Waals surface area contributed by atoms with Crippen molar-refractivity contribution in [3.63, 3.8) is 0 Å². The largest absolute Gasteiger partial charge is 0.486 e. The van der Waals surface area contributed by atoms with Crippen molar-refractivity contribution in [2.24, 2.45) is 11.7 Å². The van der Waals surface area contributed by atoms with E-state index in [-0.39, 0.29) is 12.0 Å². The Balaban J connectivity index is 0.000000360. The maximum absolute atomic E-state index is 11.9. The smallest absolute Gasteiger partial charge is 0.324 e. The normalized spacial score (nSPS) is 17.9. The van der Waals surface area contributed by atoms with Gasteiger partial charge in [-0.2, -0.15) is 9.97 Å². The molecule has 2 aliphatic rings. The summed E-state index contributed by atoms with van der Waals surface area (Å²) in [6.07, 6.45) is 4.63. The molecule has 2 saturated heterocycles. The number of nitrogens with zero attached hydrogens (tertiary/aromatic N) is 6. The molecule has 5 rings (SSSR count).